The smallest absolute Gasteiger partial charge is 0.0756 e. The van der Waals surface area contributed by atoms with Crippen LogP contribution in [0.25, 0.3) is 0 Å². The van der Waals surface area contributed by atoms with Crippen LogP contribution in [0.15, 0.2) is 6.20 Å². The van der Waals surface area contributed by atoms with Crippen LogP contribution in [0.3, 0.4) is 0 Å². The van der Waals surface area contributed by atoms with Crippen molar-refractivity contribution < 1.29 is 0 Å². The number of nitrogens with one attached hydrogen (secondary N) is 1. The first-order chi connectivity index (χ1) is 7.31. The molecule has 15 heavy (non-hydrogen) atoms. The molecule has 2 atom stereocenters. The summed E-state index contributed by atoms with van der Waals surface area (Å²) in [5.74, 6) is 0.803. The van der Waals surface area contributed by atoms with Gasteiger partial charge >= 0.3 is 0 Å². The fourth-order valence-corrected chi connectivity index (χ4v) is 2.17. The van der Waals surface area contributed by atoms with Gasteiger partial charge in [0, 0.05) is 6.54 Å². The van der Waals surface area contributed by atoms with E-state index in [1.807, 2.05) is 10.9 Å². The van der Waals surface area contributed by atoms with Crippen molar-refractivity contribution in [3.63, 3.8) is 0 Å². The Morgan fingerprint density at radius 2 is 2.40 bits per heavy atom. The van der Waals surface area contributed by atoms with E-state index in [0.29, 0.717) is 6.04 Å². The first-order valence-corrected chi connectivity index (χ1v) is 5.93. The summed E-state index contributed by atoms with van der Waals surface area (Å²) < 4.78 is 2.04. The van der Waals surface area contributed by atoms with Gasteiger partial charge in [0.2, 0.25) is 0 Å². The van der Waals surface area contributed by atoms with Crippen LogP contribution in [0.1, 0.15) is 44.8 Å². The van der Waals surface area contributed by atoms with Crippen LogP contribution in [0, 0.1) is 5.92 Å². The van der Waals surface area contributed by atoms with E-state index < -0.39 is 0 Å². The van der Waals surface area contributed by atoms with Crippen molar-refractivity contribution >= 4 is 0 Å². The Balaban J connectivity index is 2.05. The number of rotatable bonds is 3. The molecule has 1 aromatic heterocycles. The van der Waals surface area contributed by atoms with E-state index in [2.05, 4.69) is 29.5 Å². The van der Waals surface area contributed by atoms with Crippen LogP contribution in [0.5, 0.6) is 0 Å². The van der Waals surface area contributed by atoms with Crippen molar-refractivity contribution in [2.24, 2.45) is 5.92 Å². The maximum Gasteiger partial charge on any atom is 0.0756 e. The number of aryl methyl sites for hydroxylation is 1. The average Bonchev–Trinajstić information content (AvgIpc) is 2.68. The fourth-order valence-electron chi connectivity index (χ4n) is 2.17. The number of nitrogens with zero attached hydrogens (tertiary/aromatic N) is 3. The monoisotopic (exact) mass is 208 g/mol. The van der Waals surface area contributed by atoms with Crippen LogP contribution in [-0.2, 0) is 6.54 Å². The SMILES string of the molecule is CCCn1nncc1C1CCC(C)CN1. The lowest BCUT2D eigenvalue weighted by Gasteiger charge is -2.27. The molecule has 2 heterocycles. The summed E-state index contributed by atoms with van der Waals surface area (Å²) in [5, 5.41) is 11.7. The molecule has 0 radical (unpaired) electrons. The largest absolute Gasteiger partial charge is 0.308 e. The molecule has 1 aromatic rings. The van der Waals surface area contributed by atoms with Crippen molar-refractivity contribution in [3.05, 3.63) is 11.9 Å². The Bertz CT molecular complexity index is 299. The molecule has 4 heteroatoms. The predicted molar refractivity (Wildman–Crippen MR) is 59.5 cm³/mol. The molecule has 2 unspecified atom stereocenters. The quantitative estimate of drug-likeness (QED) is 0.823. The minimum atomic E-state index is 0.461. The van der Waals surface area contributed by atoms with E-state index >= 15 is 0 Å². The molecule has 1 aliphatic heterocycles. The van der Waals surface area contributed by atoms with Crippen molar-refractivity contribution in [3.8, 4) is 0 Å². The van der Waals surface area contributed by atoms with Gasteiger partial charge < -0.3 is 5.32 Å². The van der Waals surface area contributed by atoms with Crippen molar-refractivity contribution in [2.45, 2.75) is 45.7 Å². The molecule has 0 amide bonds. The van der Waals surface area contributed by atoms with E-state index in [9.17, 15) is 0 Å². The molecule has 0 aliphatic carbocycles. The highest BCUT2D eigenvalue weighted by atomic mass is 15.4. The number of aromatic nitrogens is 3. The standard InChI is InChI=1S/C11H20N4/c1-3-6-15-11(8-13-14-15)10-5-4-9(2)7-12-10/h8-10,12H,3-7H2,1-2H3. The minimum Gasteiger partial charge on any atom is -0.308 e. The Morgan fingerprint density at radius 1 is 1.53 bits per heavy atom. The molecule has 1 fully saturated rings. The highest BCUT2D eigenvalue weighted by molar-refractivity contribution is 5.03. The summed E-state index contributed by atoms with van der Waals surface area (Å²) in [7, 11) is 0. The third kappa shape index (κ3) is 2.37. The predicted octanol–water partition coefficient (Wildman–Crippen LogP) is 1.75. The Hall–Kier alpha value is -0.900. The van der Waals surface area contributed by atoms with Gasteiger partial charge in [-0.1, -0.05) is 19.1 Å². The second-order valence-electron chi connectivity index (χ2n) is 4.53. The maximum absolute atomic E-state index is 4.13. The Labute approximate surface area is 91.1 Å². The van der Waals surface area contributed by atoms with Crippen molar-refractivity contribution in [1.82, 2.24) is 20.3 Å². The molecular weight excluding hydrogens is 188 g/mol. The molecule has 2 rings (SSSR count). The second kappa shape index (κ2) is 4.75. The number of hydrogen-bond acceptors (Lipinski definition) is 3. The summed E-state index contributed by atoms with van der Waals surface area (Å²) >= 11 is 0. The minimum absolute atomic E-state index is 0.461. The van der Waals surface area contributed by atoms with Gasteiger partial charge in [-0.3, -0.25) is 0 Å². The van der Waals surface area contributed by atoms with Gasteiger partial charge in [-0.2, -0.15) is 0 Å². The van der Waals surface area contributed by atoms with Gasteiger partial charge in [0.25, 0.3) is 0 Å². The van der Waals surface area contributed by atoms with Crippen LogP contribution in [0.4, 0.5) is 0 Å². The lowest BCUT2D eigenvalue weighted by molar-refractivity contribution is 0.318. The highest BCUT2D eigenvalue weighted by Crippen LogP contribution is 2.24. The molecule has 1 aliphatic rings. The van der Waals surface area contributed by atoms with Crippen molar-refractivity contribution in [1.29, 1.82) is 0 Å². The van der Waals surface area contributed by atoms with Crippen LogP contribution < -0.4 is 5.32 Å². The van der Waals surface area contributed by atoms with E-state index in [1.54, 1.807) is 0 Å². The summed E-state index contributed by atoms with van der Waals surface area (Å²) in [6.45, 7) is 6.55. The van der Waals surface area contributed by atoms with Crippen LogP contribution in [0.2, 0.25) is 0 Å². The molecule has 84 valence electrons. The Morgan fingerprint density at radius 3 is 3.07 bits per heavy atom. The summed E-state index contributed by atoms with van der Waals surface area (Å²) in [4.78, 5) is 0. The Kier molecular flexibility index (Phi) is 3.36. The molecule has 0 saturated carbocycles. The van der Waals surface area contributed by atoms with Gasteiger partial charge in [0.15, 0.2) is 0 Å². The second-order valence-corrected chi connectivity index (χ2v) is 4.53. The zero-order chi connectivity index (χ0) is 10.7. The summed E-state index contributed by atoms with van der Waals surface area (Å²) in [6, 6.07) is 0.461. The van der Waals surface area contributed by atoms with E-state index in [-0.39, 0.29) is 0 Å². The molecule has 0 bridgehead atoms. The number of piperidine rings is 1. The summed E-state index contributed by atoms with van der Waals surface area (Å²) in [6.07, 6.45) is 5.52. The van der Waals surface area contributed by atoms with E-state index in [0.717, 1.165) is 25.4 Å². The molecular formula is C11H20N4. The van der Waals surface area contributed by atoms with Crippen molar-refractivity contribution in [2.75, 3.05) is 6.54 Å². The highest BCUT2D eigenvalue weighted by Gasteiger charge is 2.21. The first kappa shape index (κ1) is 10.6. The van der Waals surface area contributed by atoms with E-state index in [4.69, 9.17) is 0 Å². The topological polar surface area (TPSA) is 42.7 Å². The first-order valence-electron chi connectivity index (χ1n) is 5.93. The van der Waals surface area contributed by atoms with Gasteiger partial charge in [0.1, 0.15) is 0 Å². The van der Waals surface area contributed by atoms with Gasteiger partial charge in [-0.25, -0.2) is 4.68 Å². The molecule has 4 nitrogen and oxygen atoms in total. The van der Waals surface area contributed by atoms with E-state index in [1.165, 1.54) is 18.5 Å². The molecule has 0 spiro atoms. The van der Waals surface area contributed by atoms with Crippen LogP contribution >= 0.6 is 0 Å². The molecule has 1 N–H and O–H groups in total. The maximum atomic E-state index is 4.13. The fraction of sp³-hybridized carbons (Fsp3) is 0.818. The van der Waals surface area contributed by atoms with Gasteiger partial charge in [-0.05, 0) is 31.7 Å². The summed E-state index contributed by atoms with van der Waals surface area (Å²) in [5.41, 5.74) is 1.25. The van der Waals surface area contributed by atoms with Gasteiger partial charge in [0.05, 0.1) is 17.9 Å². The molecule has 1 saturated heterocycles. The number of hydrogen-bond donors (Lipinski definition) is 1. The van der Waals surface area contributed by atoms with Gasteiger partial charge in [-0.15, -0.1) is 5.10 Å². The zero-order valence-corrected chi connectivity index (χ0v) is 9.61. The molecule has 0 aromatic carbocycles. The normalized spacial score (nSPS) is 26.8. The average molecular weight is 208 g/mol. The third-order valence-electron chi connectivity index (χ3n) is 3.10. The zero-order valence-electron chi connectivity index (χ0n) is 9.61. The lowest BCUT2D eigenvalue weighted by atomic mass is 9.95. The third-order valence-corrected chi connectivity index (χ3v) is 3.10. The lowest BCUT2D eigenvalue weighted by Crippen LogP contribution is -2.33. The van der Waals surface area contributed by atoms with Crippen LogP contribution in [-0.4, -0.2) is 21.5 Å².